The van der Waals surface area contributed by atoms with Crippen molar-refractivity contribution < 1.29 is 5.11 Å². The molecule has 1 aromatic rings. The van der Waals surface area contributed by atoms with Crippen LogP contribution in [0.3, 0.4) is 0 Å². The van der Waals surface area contributed by atoms with E-state index < -0.39 is 0 Å². The van der Waals surface area contributed by atoms with E-state index in [2.05, 4.69) is 42.7 Å². The van der Waals surface area contributed by atoms with Crippen molar-refractivity contribution in [2.45, 2.75) is 45.7 Å². The van der Waals surface area contributed by atoms with Crippen LogP contribution in [0.15, 0.2) is 12.1 Å². The number of piperidine rings is 1. The summed E-state index contributed by atoms with van der Waals surface area (Å²) in [4.78, 5) is 5.10. The first-order chi connectivity index (χ1) is 9.19. The Morgan fingerprint density at radius 3 is 3.00 bits per heavy atom. The molecule has 1 aliphatic rings. The lowest BCUT2D eigenvalue weighted by Gasteiger charge is -2.36. The zero-order valence-corrected chi connectivity index (χ0v) is 12.7. The van der Waals surface area contributed by atoms with Gasteiger partial charge < -0.3 is 5.11 Å². The summed E-state index contributed by atoms with van der Waals surface area (Å²) in [5, 5.41) is 8.71. The molecule has 104 valence electrons. The van der Waals surface area contributed by atoms with Crippen molar-refractivity contribution in [3.63, 3.8) is 0 Å². The third-order valence-electron chi connectivity index (χ3n) is 3.72. The molecule has 1 fully saturated rings. The quantitative estimate of drug-likeness (QED) is 0.858. The molecule has 1 aromatic heterocycles. The first-order valence-corrected chi connectivity index (χ1v) is 7.93. The van der Waals surface area contributed by atoms with Gasteiger partial charge in [0.2, 0.25) is 0 Å². The van der Waals surface area contributed by atoms with Gasteiger partial charge in [0.1, 0.15) is 0 Å². The Balaban J connectivity index is 1.94. The first-order valence-electron chi connectivity index (χ1n) is 7.11. The van der Waals surface area contributed by atoms with Crippen LogP contribution in [0.5, 0.6) is 0 Å². The Morgan fingerprint density at radius 2 is 2.21 bits per heavy atom. The van der Waals surface area contributed by atoms with Crippen molar-refractivity contribution in [1.82, 2.24) is 4.90 Å². The van der Waals surface area contributed by atoms with Crippen LogP contribution in [-0.4, -0.2) is 29.2 Å². The summed E-state index contributed by atoms with van der Waals surface area (Å²) >= 11 is 1.78. The van der Waals surface area contributed by atoms with Gasteiger partial charge in [-0.2, -0.15) is 0 Å². The molecule has 1 aliphatic heterocycles. The van der Waals surface area contributed by atoms with Gasteiger partial charge in [0.15, 0.2) is 0 Å². The van der Waals surface area contributed by atoms with Gasteiger partial charge in [-0.05, 0) is 37.8 Å². The monoisotopic (exact) mass is 277 g/mol. The van der Waals surface area contributed by atoms with Crippen molar-refractivity contribution in [1.29, 1.82) is 0 Å². The maximum Gasteiger partial charge on any atom is 0.0771 e. The highest BCUT2D eigenvalue weighted by Crippen LogP contribution is 2.25. The highest BCUT2D eigenvalue weighted by molar-refractivity contribution is 7.12. The van der Waals surface area contributed by atoms with Crippen LogP contribution in [0.25, 0.3) is 0 Å². The minimum atomic E-state index is 0.147. The van der Waals surface area contributed by atoms with E-state index in [1.54, 1.807) is 11.3 Å². The van der Waals surface area contributed by atoms with Crippen LogP contribution in [0.2, 0.25) is 0 Å². The number of likely N-dealkylation sites (tertiary alicyclic amines) is 1. The lowest BCUT2D eigenvalue weighted by molar-refractivity contribution is 0.118. The fourth-order valence-electron chi connectivity index (χ4n) is 2.54. The molecule has 1 N–H and O–H groups in total. The van der Waals surface area contributed by atoms with Crippen LogP contribution in [0, 0.1) is 17.8 Å². The fourth-order valence-corrected chi connectivity index (χ4v) is 3.44. The predicted octanol–water partition coefficient (Wildman–Crippen LogP) is 3.10. The molecular formula is C16H23NOS. The highest BCUT2D eigenvalue weighted by Gasteiger charge is 2.22. The van der Waals surface area contributed by atoms with E-state index in [0.717, 1.165) is 17.3 Å². The Hall–Kier alpha value is -0.820. The Morgan fingerprint density at radius 1 is 1.37 bits per heavy atom. The number of aliphatic hydroxyl groups excluding tert-OH is 1. The maximum absolute atomic E-state index is 8.71. The van der Waals surface area contributed by atoms with Gasteiger partial charge >= 0.3 is 0 Å². The summed E-state index contributed by atoms with van der Waals surface area (Å²) < 4.78 is 0. The second-order valence-electron chi connectivity index (χ2n) is 5.50. The van der Waals surface area contributed by atoms with Crippen LogP contribution in [0.1, 0.15) is 42.9 Å². The van der Waals surface area contributed by atoms with Gasteiger partial charge in [0, 0.05) is 30.4 Å². The Kier molecular flexibility index (Phi) is 5.45. The van der Waals surface area contributed by atoms with Crippen molar-refractivity contribution in [3.05, 3.63) is 21.9 Å². The second kappa shape index (κ2) is 7.09. The van der Waals surface area contributed by atoms with E-state index in [0.29, 0.717) is 12.5 Å². The largest absolute Gasteiger partial charge is 0.395 e. The van der Waals surface area contributed by atoms with Gasteiger partial charge in [0.05, 0.1) is 11.5 Å². The van der Waals surface area contributed by atoms with Crippen LogP contribution >= 0.6 is 11.3 Å². The number of nitrogens with zero attached hydrogens (tertiary/aromatic N) is 1. The fraction of sp³-hybridized carbons (Fsp3) is 0.625. The van der Waals surface area contributed by atoms with E-state index in [9.17, 15) is 0 Å². The molecule has 0 radical (unpaired) electrons. The number of aliphatic hydroxyl groups is 1. The normalized spacial score (nSPS) is 23.9. The molecule has 0 aromatic carbocycles. The van der Waals surface area contributed by atoms with E-state index in [-0.39, 0.29) is 6.61 Å². The molecule has 2 unspecified atom stereocenters. The van der Waals surface area contributed by atoms with Gasteiger partial charge in [0.25, 0.3) is 0 Å². The van der Waals surface area contributed by atoms with Crippen molar-refractivity contribution in [2.24, 2.45) is 5.92 Å². The van der Waals surface area contributed by atoms with Gasteiger partial charge in [-0.1, -0.05) is 18.8 Å². The molecule has 1 saturated heterocycles. The van der Waals surface area contributed by atoms with Gasteiger partial charge in [-0.3, -0.25) is 4.90 Å². The van der Waals surface area contributed by atoms with E-state index in [1.807, 2.05) is 0 Å². The number of hydrogen-bond donors (Lipinski definition) is 1. The molecule has 3 heteroatoms. The molecule has 0 bridgehead atoms. The molecule has 0 spiro atoms. The standard InChI is InChI=1S/C16H23NOS/c1-13-6-7-14(2)17(11-13)12-16-9-8-15(19-16)5-3-4-10-18/h8-9,13-14,18H,4,6-7,10-12H2,1-2H3. The summed E-state index contributed by atoms with van der Waals surface area (Å²) in [5.74, 6) is 6.91. The lowest BCUT2D eigenvalue weighted by atomic mass is 9.95. The predicted molar refractivity (Wildman–Crippen MR) is 81.2 cm³/mol. The van der Waals surface area contributed by atoms with Crippen molar-refractivity contribution in [3.8, 4) is 11.8 Å². The Bertz CT molecular complexity index is 457. The average Bonchev–Trinajstić information content (AvgIpc) is 2.82. The van der Waals surface area contributed by atoms with E-state index in [4.69, 9.17) is 5.11 Å². The molecule has 0 saturated carbocycles. The molecule has 0 amide bonds. The maximum atomic E-state index is 8.71. The van der Waals surface area contributed by atoms with Crippen LogP contribution < -0.4 is 0 Å². The van der Waals surface area contributed by atoms with Crippen LogP contribution in [0.4, 0.5) is 0 Å². The van der Waals surface area contributed by atoms with Crippen molar-refractivity contribution in [2.75, 3.05) is 13.2 Å². The number of thiophene rings is 1. The minimum absolute atomic E-state index is 0.147. The SMILES string of the molecule is CC1CCC(C)N(Cc2ccc(C#CCCO)s2)C1. The van der Waals surface area contributed by atoms with Gasteiger partial charge in [-0.15, -0.1) is 11.3 Å². The smallest absolute Gasteiger partial charge is 0.0771 e. The molecule has 2 atom stereocenters. The molecule has 0 aliphatic carbocycles. The number of hydrogen-bond acceptors (Lipinski definition) is 3. The summed E-state index contributed by atoms with van der Waals surface area (Å²) in [7, 11) is 0. The summed E-state index contributed by atoms with van der Waals surface area (Å²) in [6.45, 7) is 7.09. The van der Waals surface area contributed by atoms with E-state index >= 15 is 0 Å². The van der Waals surface area contributed by atoms with Gasteiger partial charge in [-0.25, -0.2) is 0 Å². The summed E-state index contributed by atoms with van der Waals surface area (Å²) in [5.41, 5.74) is 0. The lowest BCUT2D eigenvalue weighted by Crippen LogP contribution is -2.40. The third-order valence-corrected chi connectivity index (χ3v) is 4.70. The minimum Gasteiger partial charge on any atom is -0.395 e. The molecule has 19 heavy (non-hydrogen) atoms. The second-order valence-corrected chi connectivity index (χ2v) is 6.67. The van der Waals surface area contributed by atoms with E-state index in [1.165, 1.54) is 24.3 Å². The Labute approximate surface area is 120 Å². The van der Waals surface area contributed by atoms with Crippen LogP contribution in [-0.2, 0) is 6.54 Å². The topological polar surface area (TPSA) is 23.5 Å². The molecule has 2 nitrogen and oxygen atoms in total. The first kappa shape index (κ1) is 14.6. The third kappa shape index (κ3) is 4.35. The average molecular weight is 277 g/mol. The van der Waals surface area contributed by atoms with Crippen molar-refractivity contribution >= 4 is 11.3 Å². The summed E-state index contributed by atoms with van der Waals surface area (Å²) in [6, 6.07) is 4.99. The zero-order valence-electron chi connectivity index (χ0n) is 11.9. The summed E-state index contributed by atoms with van der Waals surface area (Å²) in [6.07, 6.45) is 3.24. The number of rotatable bonds is 3. The highest BCUT2D eigenvalue weighted by atomic mass is 32.1. The zero-order chi connectivity index (χ0) is 13.7. The molecule has 2 rings (SSSR count). The molecular weight excluding hydrogens is 254 g/mol. The molecule has 2 heterocycles.